The predicted octanol–water partition coefficient (Wildman–Crippen LogP) is 2.29. The van der Waals surface area contributed by atoms with Gasteiger partial charge in [-0.15, -0.1) is 5.54 Å². The molecule has 2 rings (SSSR count). The summed E-state index contributed by atoms with van der Waals surface area (Å²) in [5.41, 5.74) is 5.85. The molecule has 2 amide bonds. The Kier molecular flexibility index (Phi) is 3.92. The predicted molar refractivity (Wildman–Crippen MR) is 87.0 cm³/mol. The molecule has 0 aliphatic carbocycles. The third-order valence-electron chi connectivity index (χ3n) is 3.20. The van der Waals surface area contributed by atoms with E-state index in [1.54, 1.807) is 6.92 Å². The van der Waals surface area contributed by atoms with Gasteiger partial charge in [-0.2, -0.15) is 0 Å². The standard InChI is InChI=1S/C16H20N2O2Si/c1-10-6-7-12(8-9-21(3,4)5)14-13(10)16(20)17-11(2)15(19)18-14/h6-7,11H,1-5H3,(H,17,20)(H,18,19). The fourth-order valence-corrected chi connectivity index (χ4v) is 2.56. The lowest BCUT2D eigenvalue weighted by atomic mass is 10.0. The Labute approximate surface area is 126 Å². The maximum atomic E-state index is 12.3. The first-order valence-corrected chi connectivity index (χ1v) is 10.5. The first-order chi connectivity index (χ1) is 9.69. The molecule has 1 aliphatic heterocycles. The van der Waals surface area contributed by atoms with Crippen LogP contribution in [0.1, 0.15) is 28.4 Å². The summed E-state index contributed by atoms with van der Waals surface area (Å²) in [6.07, 6.45) is 0. The molecule has 0 radical (unpaired) electrons. The fraction of sp³-hybridized carbons (Fsp3) is 0.375. The Morgan fingerprint density at radius 3 is 2.48 bits per heavy atom. The third kappa shape index (κ3) is 3.34. The van der Waals surface area contributed by atoms with Gasteiger partial charge in [0.1, 0.15) is 14.1 Å². The van der Waals surface area contributed by atoms with Gasteiger partial charge >= 0.3 is 0 Å². The van der Waals surface area contributed by atoms with Crippen LogP contribution in [-0.4, -0.2) is 25.9 Å². The number of hydrogen-bond donors (Lipinski definition) is 2. The van der Waals surface area contributed by atoms with Gasteiger partial charge in [0, 0.05) is 5.56 Å². The molecule has 1 unspecified atom stereocenters. The molecular weight excluding hydrogens is 280 g/mol. The number of amides is 2. The lowest BCUT2D eigenvalue weighted by Gasteiger charge is -2.11. The van der Waals surface area contributed by atoms with Crippen LogP contribution in [0.25, 0.3) is 0 Å². The maximum absolute atomic E-state index is 12.3. The van der Waals surface area contributed by atoms with E-state index in [0.717, 1.165) is 5.56 Å². The molecule has 2 N–H and O–H groups in total. The molecule has 0 spiro atoms. The van der Waals surface area contributed by atoms with Gasteiger partial charge in [-0.25, -0.2) is 0 Å². The molecule has 1 aliphatic rings. The van der Waals surface area contributed by atoms with E-state index >= 15 is 0 Å². The van der Waals surface area contributed by atoms with E-state index in [9.17, 15) is 9.59 Å². The third-order valence-corrected chi connectivity index (χ3v) is 4.08. The van der Waals surface area contributed by atoms with E-state index in [-0.39, 0.29) is 11.8 Å². The quantitative estimate of drug-likeness (QED) is 0.570. The van der Waals surface area contributed by atoms with Crippen molar-refractivity contribution in [3.05, 3.63) is 28.8 Å². The van der Waals surface area contributed by atoms with Crippen LogP contribution < -0.4 is 10.6 Å². The Morgan fingerprint density at radius 1 is 1.19 bits per heavy atom. The molecule has 21 heavy (non-hydrogen) atoms. The van der Waals surface area contributed by atoms with Gasteiger partial charge in [-0.1, -0.05) is 31.6 Å². The lowest BCUT2D eigenvalue weighted by molar-refractivity contribution is -0.117. The van der Waals surface area contributed by atoms with E-state index in [4.69, 9.17) is 0 Å². The van der Waals surface area contributed by atoms with Gasteiger partial charge < -0.3 is 10.6 Å². The van der Waals surface area contributed by atoms with Crippen molar-refractivity contribution in [1.82, 2.24) is 5.32 Å². The van der Waals surface area contributed by atoms with E-state index in [2.05, 4.69) is 41.7 Å². The molecule has 0 saturated heterocycles. The molecule has 0 aromatic heterocycles. The minimum Gasteiger partial charge on any atom is -0.340 e. The highest BCUT2D eigenvalue weighted by Gasteiger charge is 2.27. The van der Waals surface area contributed by atoms with Crippen LogP contribution in [0.2, 0.25) is 19.6 Å². The molecule has 0 fully saturated rings. The second-order valence-electron chi connectivity index (χ2n) is 6.36. The van der Waals surface area contributed by atoms with Gasteiger partial charge in [0.15, 0.2) is 0 Å². The van der Waals surface area contributed by atoms with Crippen LogP contribution in [0.5, 0.6) is 0 Å². The van der Waals surface area contributed by atoms with Gasteiger partial charge in [-0.3, -0.25) is 9.59 Å². The monoisotopic (exact) mass is 300 g/mol. The Balaban J connectivity index is 2.62. The zero-order valence-electron chi connectivity index (χ0n) is 13.0. The average Bonchev–Trinajstić information content (AvgIpc) is 2.46. The second-order valence-corrected chi connectivity index (χ2v) is 11.1. The lowest BCUT2D eigenvalue weighted by Crippen LogP contribution is -2.38. The minimum absolute atomic E-state index is 0.219. The summed E-state index contributed by atoms with van der Waals surface area (Å²) in [5.74, 6) is 2.69. The Bertz CT molecular complexity index is 678. The summed E-state index contributed by atoms with van der Waals surface area (Å²) in [4.78, 5) is 24.3. The summed E-state index contributed by atoms with van der Waals surface area (Å²) < 4.78 is 0. The molecule has 1 atom stereocenters. The van der Waals surface area contributed by atoms with E-state index in [1.807, 2.05) is 19.1 Å². The van der Waals surface area contributed by atoms with Crippen LogP contribution in [0.4, 0.5) is 5.69 Å². The SMILES string of the molecule is Cc1ccc(C#C[Si](C)(C)C)c2c1C(=O)NC(C)C(=O)N2. The number of hydrogen-bond acceptors (Lipinski definition) is 2. The van der Waals surface area contributed by atoms with Gasteiger partial charge in [-0.05, 0) is 25.5 Å². The Morgan fingerprint density at radius 2 is 1.86 bits per heavy atom. The number of aryl methyl sites for hydroxylation is 1. The summed E-state index contributed by atoms with van der Waals surface area (Å²) in [6.45, 7) is 9.98. The smallest absolute Gasteiger partial charge is 0.254 e. The molecule has 1 aromatic carbocycles. The molecule has 110 valence electrons. The summed E-state index contributed by atoms with van der Waals surface area (Å²) in [5, 5.41) is 5.54. The highest BCUT2D eigenvalue weighted by atomic mass is 28.3. The zero-order valence-corrected chi connectivity index (χ0v) is 14.0. The maximum Gasteiger partial charge on any atom is 0.254 e. The number of carbonyl (C=O) groups is 2. The topological polar surface area (TPSA) is 58.2 Å². The van der Waals surface area contributed by atoms with Crippen molar-refractivity contribution >= 4 is 25.6 Å². The highest BCUT2D eigenvalue weighted by Crippen LogP contribution is 2.26. The van der Waals surface area contributed by atoms with Gasteiger partial charge in [0.05, 0.1) is 11.3 Å². The summed E-state index contributed by atoms with van der Waals surface area (Å²) >= 11 is 0. The molecule has 1 heterocycles. The summed E-state index contributed by atoms with van der Waals surface area (Å²) in [7, 11) is -1.53. The second kappa shape index (κ2) is 5.38. The minimum atomic E-state index is -1.53. The van der Waals surface area contributed by atoms with Gasteiger partial charge in [0.2, 0.25) is 5.91 Å². The molecule has 0 saturated carbocycles. The van der Waals surface area contributed by atoms with Crippen molar-refractivity contribution in [2.75, 3.05) is 5.32 Å². The van der Waals surface area contributed by atoms with Crippen molar-refractivity contribution in [1.29, 1.82) is 0 Å². The van der Waals surface area contributed by atoms with Crippen LogP contribution in [0.15, 0.2) is 12.1 Å². The number of benzene rings is 1. The molecular formula is C16H20N2O2Si. The van der Waals surface area contributed by atoms with E-state index < -0.39 is 14.1 Å². The number of fused-ring (bicyclic) bond motifs is 1. The number of rotatable bonds is 0. The molecule has 4 nitrogen and oxygen atoms in total. The van der Waals surface area contributed by atoms with Crippen molar-refractivity contribution < 1.29 is 9.59 Å². The fourth-order valence-electron chi connectivity index (χ4n) is 2.05. The number of carbonyl (C=O) groups excluding carboxylic acids is 2. The van der Waals surface area contributed by atoms with Crippen molar-refractivity contribution in [3.63, 3.8) is 0 Å². The number of anilines is 1. The van der Waals surface area contributed by atoms with Crippen molar-refractivity contribution in [2.45, 2.75) is 39.5 Å². The average molecular weight is 300 g/mol. The normalized spacial score (nSPS) is 17.9. The number of nitrogens with one attached hydrogen (secondary N) is 2. The molecule has 1 aromatic rings. The van der Waals surface area contributed by atoms with E-state index in [0.29, 0.717) is 16.8 Å². The van der Waals surface area contributed by atoms with Crippen LogP contribution in [0.3, 0.4) is 0 Å². The largest absolute Gasteiger partial charge is 0.340 e. The van der Waals surface area contributed by atoms with Crippen molar-refractivity contribution in [3.8, 4) is 11.5 Å². The molecule has 5 heteroatoms. The van der Waals surface area contributed by atoms with Crippen LogP contribution in [-0.2, 0) is 4.79 Å². The first kappa shape index (κ1) is 15.3. The molecule has 0 bridgehead atoms. The zero-order chi connectivity index (χ0) is 15.8. The Hall–Kier alpha value is -2.06. The van der Waals surface area contributed by atoms with Crippen molar-refractivity contribution in [2.24, 2.45) is 0 Å². The van der Waals surface area contributed by atoms with Crippen LogP contribution >= 0.6 is 0 Å². The summed E-state index contributed by atoms with van der Waals surface area (Å²) in [6, 6.07) is 3.18. The van der Waals surface area contributed by atoms with E-state index in [1.165, 1.54) is 0 Å². The van der Waals surface area contributed by atoms with Gasteiger partial charge in [0.25, 0.3) is 5.91 Å². The highest BCUT2D eigenvalue weighted by molar-refractivity contribution is 6.83. The first-order valence-electron chi connectivity index (χ1n) is 6.97. The van der Waals surface area contributed by atoms with Crippen LogP contribution in [0, 0.1) is 18.4 Å².